The topological polar surface area (TPSA) is 69.2 Å². The molecule has 0 spiro atoms. The number of rotatable bonds is 3. The maximum absolute atomic E-state index is 12.1. The Balaban J connectivity index is 1.59. The Morgan fingerprint density at radius 1 is 1.45 bits per heavy atom. The van der Waals surface area contributed by atoms with Gasteiger partial charge in [-0.25, -0.2) is 4.98 Å². The third-order valence-electron chi connectivity index (χ3n) is 3.76. The van der Waals surface area contributed by atoms with Gasteiger partial charge in [0.05, 0.1) is 17.1 Å². The summed E-state index contributed by atoms with van der Waals surface area (Å²) in [5.74, 6) is 0.946. The van der Waals surface area contributed by atoms with Crippen molar-refractivity contribution in [2.45, 2.75) is 31.8 Å². The summed E-state index contributed by atoms with van der Waals surface area (Å²) >= 11 is 0. The van der Waals surface area contributed by atoms with Gasteiger partial charge in [-0.05, 0) is 25.0 Å². The predicted molar refractivity (Wildman–Crippen MR) is 76.2 cm³/mol. The number of amides is 1. The number of nitrogens with zero attached hydrogens (tertiary/aromatic N) is 2. The van der Waals surface area contributed by atoms with Gasteiger partial charge in [-0.1, -0.05) is 12.1 Å². The van der Waals surface area contributed by atoms with Crippen LogP contribution in [0.1, 0.15) is 25.1 Å². The minimum absolute atomic E-state index is 0.101. The zero-order valence-corrected chi connectivity index (χ0v) is 11.4. The number of hydrogen-bond acceptors (Lipinski definition) is 3. The third-order valence-corrected chi connectivity index (χ3v) is 3.76. The van der Waals surface area contributed by atoms with Gasteiger partial charge in [0.15, 0.2) is 0 Å². The smallest absolute Gasteiger partial charge is 0.223 e. The van der Waals surface area contributed by atoms with Crippen molar-refractivity contribution < 1.29 is 9.90 Å². The van der Waals surface area contributed by atoms with Crippen LogP contribution in [0.2, 0.25) is 0 Å². The third kappa shape index (κ3) is 2.82. The van der Waals surface area contributed by atoms with Crippen LogP contribution < -0.4 is 0 Å². The second-order valence-electron chi connectivity index (χ2n) is 5.34. The van der Waals surface area contributed by atoms with E-state index in [1.807, 2.05) is 24.3 Å². The van der Waals surface area contributed by atoms with Crippen LogP contribution in [0.4, 0.5) is 0 Å². The SMILES string of the molecule is O=C(CCc1nc2ccccc2[nH]1)N1CCCC(O)C1. The number of aliphatic hydroxyl groups excluding tert-OH is 1. The Labute approximate surface area is 117 Å². The van der Waals surface area contributed by atoms with Gasteiger partial charge in [-0.2, -0.15) is 0 Å². The number of carbonyl (C=O) groups is 1. The van der Waals surface area contributed by atoms with Crippen LogP contribution in [0.15, 0.2) is 24.3 Å². The molecule has 1 aromatic carbocycles. The first-order valence-electron chi connectivity index (χ1n) is 7.12. The van der Waals surface area contributed by atoms with E-state index in [-0.39, 0.29) is 12.0 Å². The average molecular weight is 273 g/mol. The fourth-order valence-electron chi connectivity index (χ4n) is 2.69. The molecule has 1 aromatic heterocycles. The van der Waals surface area contributed by atoms with Crippen LogP contribution in [0.25, 0.3) is 11.0 Å². The Kier molecular flexibility index (Phi) is 3.69. The quantitative estimate of drug-likeness (QED) is 0.890. The molecule has 5 heteroatoms. The number of imidazole rings is 1. The Morgan fingerprint density at radius 2 is 2.30 bits per heavy atom. The largest absolute Gasteiger partial charge is 0.391 e. The van der Waals surface area contributed by atoms with Crippen LogP contribution in [0.5, 0.6) is 0 Å². The van der Waals surface area contributed by atoms with Crippen molar-refractivity contribution in [3.63, 3.8) is 0 Å². The zero-order chi connectivity index (χ0) is 13.9. The van der Waals surface area contributed by atoms with E-state index in [4.69, 9.17) is 0 Å². The number of β-amino-alcohol motifs (C(OH)–C–C–N with tert-alkyl or cyclic N) is 1. The lowest BCUT2D eigenvalue weighted by Gasteiger charge is -2.30. The molecule has 1 amide bonds. The van der Waals surface area contributed by atoms with Gasteiger partial charge in [0.1, 0.15) is 5.82 Å². The van der Waals surface area contributed by atoms with Crippen molar-refractivity contribution in [1.82, 2.24) is 14.9 Å². The van der Waals surface area contributed by atoms with E-state index in [0.29, 0.717) is 19.4 Å². The lowest BCUT2D eigenvalue weighted by Crippen LogP contribution is -2.42. The highest BCUT2D eigenvalue weighted by Gasteiger charge is 2.21. The lowest BCUT2D eigenvalue weighted by molar-refractivity contribution is -0.134. The molecule has 2 aromatic rings. The van der Waals surface area contributed by atoms with Crippen molar-refractivity contribution in [3.8, 4) is 0 Å². The van der Waals surface area contributed by atoms with Crippen molar-refractivity contribution in [1.29, 1.82) is 0 Å². The summed E-state index contributed by atoms with van der Waals surface area (Å²) in [7, 11) is 0. The first-order valence-corrected chi connectivity index (χ1v) is 7.12. The zero-order valence-electron chi connectivity index (χ0n) is 11.4. The number of aromatic nitrogens is 2. The monoisotopic (exact) mass is 273 g/mol. The fraction of sp³-hybridized carbons (Fsp3) is 0.467. The van der Waals surface area contributed by atoms with E-state index in [1.165, 1.54) is 0 Å². The molecule has 1 saturated heterocycles. The lowest BCUT2D eigenvalue weighted by atomic mass is 10.1. The fourth-order valence-corrected chi connectivity index (χ4v) is 2.69. The minimum Gasteiger partial charge on any atom is -0.391 e. The van der Waals surface area contributed by atoms with Crippen LogP contribution in [0.3, 0.4) is 0 Å². The van der Waals surface area contributed by atoms with E-state index >= 15 is 0 Å². The minimum atomic E-state index is -0.362. The average Bonchev–Trinajstić information content (AvgIpc) is 2.87. The maximum atomic E-state index is 12.1. The van der Waals surface area contributed by atoms with E-state index < -0.39 is 0 Å². The van der Waals surface area contributed by atoms with Crippen LogP contribution in [-0.2, 0) is 11.2 Å². The molecule has 0 aliphatic carbocycles. The molecule has 3 rings (SSSR count). The predicted octanol–water partition coefficient (Wildman–Crippen LogP) is 1.48. The summed E-state index contributed by atoms with van der Waals surface area (Å²) in [6.07, 6.45) is 2.37. The number of piperidine rings is 1. The standard InChI is InChI=1S/C15H19N3O2/c19-11-4-3-9-18(10-11)15(20)8-7-14-16-12-5-1-2-6-13(12)17-14/h1-2,5-6,11,19H,3-4,7-10H2,(H,16,17). The number of H-pyrrole nitrogens is 1. The molecule has 1 unspecified atom stereocenters. The summed E-state index contributed by atoms with van der Waals surface area (Å²) < 4.78 is 0. The summed E-state index contributed by atoms with van der Waals surface area (Å²) in [5.41, 5.74) is 1.94. The number of fused-ring (bicyclic) bond motifs is 1. The van der Waals surface area contributed by atoms with Gasteiger partial charge in [0, 0.05) is 25.9 Å². The van der Waals surface area contributed by atoms with Gasteiger partial charge in [-0.3, -0.25) is 4.79 Å². The summed E-state index contributed by atoms with van der Waals surface area (Å²) in [6, 6.07) is 7.85. The molecule has 1 fully saturated rings. The van der Waals surface area contributed by atoms with Gasteiger partial charge in [0.25, 0.3) is 0 Å². The van der Waals surface area contributed by atoms with Gasteiger partial charge in [-0.15, -0.1) is 0 Å². The molecule has 1 atom stereocenters. The number of likely N-dealkylation sites (tertiary alicyclic amines) is 1. The number of nitrogens with one attached hydrogen (secondary N) is 1. The number of aryl methyl sites for hydroxylation is 1. The maximum Gasteiger partial charge on any atom is 0.223 e. The molecular formula is C15H19N3O2. The molecule has 0 bridgehead atoms. The number of para-hydroxylation sites is 2. The number of hydrogen-bond donors (Lipinski definition) is 2. The Morgan fingerprint density at radius 3 is 3.10 bits per heavy atom. The summed E-state index contributed by atoms with van der Waals surface area (Å²) in [4.78, 5) is 21.6. The molecule has 2 heterocycles. The first kappa shape index (κ1) is 13.1. The van der Waals surface area contributed by atoms with Crippen LogP contribution in [0, 0.1) is 0 Å². The van der Waals surface area contributed by atoms with E-state index in [9.17, 15) is 9.90 Å². The summed E-state index contributed by atoms with van der Waals surface area (Å²) in [5, 5.41) is 9.60. The van der Waals surface area contributed by atoms with Crippen LogP contribution >= 0.6 is 0 Å². The molecule has 106 valence electrons. The Hall–Kier alpha value is -1.88. The number of aromatic amines is 1. The highest BCUT2D eigenvalue weighted by molar-refractivity contribution is 5.77. The van der Waals surface area contributed by atoms with Crippen molar-refractivity contribution in [3.05, 3.63) is 30.1 Å². The number of aliphatic hydroxyl groups is 1. The highest BCUT2D eigenvalue weighted by Crippen LogP contribution is 2.14. The van der Waals surface area contributed by atoms with Crippen molar-refractivity contribution in [2.75, 3.05) is 13.1 Å². The molecule has 20 heavy (non-hydrogen) atoms. The van der Waals surface area contributed by atoms with E-state index in [2.05, 4.69) is 9.97 Å². The second kappa shape index (κ2) is 5.63. The Bertz CT molecular complexity index is 575. The second-order valence-corrected chi connectivity index (χ2v) is 5.34. The van der Waals surface area contributed by atoms with Gasteiger partial charge >= 0.3 is 0 Å². The van der Waals surface area contributed by atoms with E-state index in [0.717, 1.165) is 36.2 Å². The normalized spacial score (nSPS) is 19.4. The molecule has 5 nitrogen and oxygen atoms in total. The molecule has 1 aliphatic heterocycles. The molecule has 0 radical (unpaired) electrons. The number of benzene rings is 1. The summed E-state index contributed by atoms with van der Waals surface area (Å²) in [6.45, 7) is 1.23. The van der Waals surface area contributed by atoms with Crippen molar-refractivity contribution in [2.24, 2.45) is 0 Å². The molecule has 0 saturated carbocycles. The molecular weight excluding hydrogens is 254 g/mol. The molecule has 2 N–H and O–H groups in total. The van der Waals surface area contributed by atoms with Crippen molar-refractivity contribution >= 4 is 16.9 Å². The van der Waals surface area contributed by atoms with Gasteiger partial charge in [0.2, 0.25) is 5.91 Å². The van der Waals surface area contributed by atoms with Gasteiger partial charge < -0.3 is 15.0 Å². The van der Waals surface area contributed by atoms with Crippen LogP contribution in [-0.4, -0.2) is 45.1 Å². The number of carbonyl (C=O) groups excluding carboxylic acids is 1. The van der Waals surface area contributed by atoms with E-state index in [1.54, 1.807) is 4.90 Å². The molecule has 1 aliphatic rings. The highest BCUT2D eigenvalue weighted by atomic mass is 16.3. The first-order chi connectivity index (χ1) is 9.72.